The molecule has 0 saturated heterocycles. The highest BCUT2D eigenvalue weighted by molar-refractivity contribution is 6.31. The van der Waals surface area contributed by atoms with Gasteiger partial charge in [-0.2, -0.15) is 0 Å². The second-order valence-electron chi connectivity index (χ2n) is 6.76. The topological polar surface area (TPSA) is 41.6 Å². The molecule has 2 aromatic rings. The SMILES string of the molecule is COc1ccccc1CN(CC(=O)NC(C)c1ccccc1Cl)C1CC1. The Bertz CT molecular complexity index is 761. The van der Waals surface area contributed by atoms with E-state index >= 15 is 0 Å². The minimum Gasteiger partial charge on any atom is -0.496 e. The Morgan fingerprint density at radius 3 is 2.62 bits per heavy atom. The monoisotopic (exact) mass is 372 g/mol. The number of hydrogen-bond acceptors (Lipinski definition) is 3. The van der Waals surface area contributed by atoms with E-state index in [9.17, 15) is 4.79 Å². The fourth-order valence-corrected chi connectivity index (χ4v) is 3.48. The zero-order valence-electron chi connectivity index (χ0n) is 15.2. The second-order valence-corrected chi connectivity index (χ2v) is 7.17. The summed E-state index contributed by atoms with van der Waals surface area (Å²) < 4.78 is 5.45. The highest BCUT2D eigenvalue weighted by Gasteiger charge is 2.31. The van der Waals surface area contributed by atoms with Crippen LogP contribution in [0, 0.1) is 0 Å². The summed E-state index contributed by atoms with van der Waals surface area (Å²) in [6.07, 6.45) is 2.28. The van der Waals surface area contributed by atoms with Crippen molar-refractivity contribution in [1.82, 2.24) is 10.2 Å². The van der Waals surface area contributed by atoms with Crippen LogP contribution in [0.1, 0.15) is 36.9 Å². The molecule has 0 bridgehead atoms. The number of halogens is 1. The van der Waals surface area contributed by atoms with Crippen LogP contribution >= 0.6 is 11.6 Å². The molecule has 1 fully saturated rings. The molecular formula is C21H25ClN2O2. The molecule has 5 heteroatoms. The Morgan fingerprint density at radius 1 is 1.23 bits per heavy atom. The van der Waals surface area contributed by atoms with Crippen molar-refractivity contribution in [2.24, 2.45) is 0 Å². The molecule has 1 amide bonds. The van der Waals surface area contributed by atoms with Crippen LogP contribution in [-0.2, 0) is 11.3 Å². The van der Waals surface area contributed by atoms with Gasteiger partial charge in [-0.25, -0.2) is 0 Å². The second kappa shape index (κ2) is 8.56. The molecule has 0 aromatic heterocycles. The highest BCUT2D eigenvalue weighted by atomic mass is 35.5. The summed E-state index contributed by atoms with van der Waals surface area (Å²) in [7, 11) is 1.68. The smallest absolute Gasteiger partial charge is 0.234 e. The third-order valence-corrected chi connectivity index (χ3v) is 5.07. The third-order valence-electron chi connectivity index (χ3n) is 4.73. The quantitative estimate of drug-likeness (QED) is 0.755. The molecular weight excluding hydrogens is 348 g/mol. The highest BCUT2D eigenvalue weighted by Crippen LogP contribution is 2.30. The minimum atomic E-state index is -0.122. The van der Waals surface area contributed by atoms with Crippen molar-refractivity contribution < 1.29 is 9.53 Å². The summed E-state index contributed by atoms with van der Waals surface area (Å²) in [6, 6.07) is 15.9. The summed E-state index contributed by atoms with van der Waals surface area (Å²) in [5.41, 5.74) is 2.04. The largest absolute Gasteiger partial charge is 0.496 e. The zero-order valence-corrected chi connectivity index (χ0v) is 16.0. The Kier molecular flexibility index (Phi) is 6.17. The van der Waals surface area contributed by atoms with E-state index in [1.165, 1.54) is 0 Å². The van der Waals surface area contributed by atoms with Crippen LogP contribution in [-0.4, -0.2) is 30.5 Å². The van der Waals surface area contributed by atoms with Crippen molar-refractivity contribution in [3.63, 3.8) is 0 Å². The van der Waals surface area contributed by atoms with Crippen molar-refractivity contribution in [1.29, 1.82) is 0 Å². The summed E-state index contributed by atoms with van der Waals surface area (Å²) in [4.78, 5) is 14.8. The lowest BCUT2D eigenvalue weighted by atomic mass is 10.1. The maximum atomic E-state index is 12.6. The number of methoxy groups -OCH3 is 1. The van der Waals surface area contributed by atoms with Crippen LogP contribution < -0.4 is 10.1 Å². The number of benzene rings is 2. The predicted octanol–water partition coefficient (Wildman–Crippen LogP) is 4.19. The zero-order chi connectivity index (χ0) is 18.5. The maximum Gasteiger partial charge on any atom is 0.234 e. The van der Waals surface area contributed by atoms with Gasteiger partial charge in [-0.3, -0.25) is 9.69 Å². The standard InChI is InChI=1S/C21H25ClN2O2/c1-15(18-8-4-5-9-19(18)22)23-21(25)14-24(17-11-12-17)13-16-7-3-6-10-20(16)26-2/h3-10,15,17H,11-14H2,1-2H3,(H,23,25). The number of nitrogens with one attached hydrogen (secondary N) is 1. The van der Waals surface area contributed by atoms with Gasteiger partial charge >= 0.3 is 0 Å². The van der Waals surface area contributed by atoms with Gasteiger partial charge in [-0.15, -0.1) is 0 Å². The van der Waals surface area contributed by atoms with Crippen molar-refractivity contribution in [3.8, 4) is 5.75 Å². The first-order valence-electron chi connectivity index (χ1n) is 8.98. The Labute approximate surface area is 160 Å². The lowest BCUT2D eigenvalue weighted by Crippen LogP contribution is -2.39. The number of carbonyl (C=O) groups is 1. The van der Waals surface area contributed by atoms with Gasteiger partial charge in [0.05, 0.1) is 19.7 Å². The van der Waals surface area contributed by atoms with Gasteiger partial charge in [-0.05, 0) is 37.5 Å². The van der Waals surface area contributed by atoms with Crippen molar-refractivity contribution in [2.75, 3.05) is 13.7 Å². The van der Waals surface area contributed by atoms with Gasteiger partial charge < -0.3 is 10.1 Å². The molecule has 1 atom stereocenters. The first-order valence-corrected chi connectivity index (χ1v) is 9.36. The molecule has 1 saturated carbocycles. The Hall–Kier alpha value is -2.04. The van der Waals surface area contributed by atoms with Gasteiger partial charge in [0.2, 0.25) is 5.91 Å². The van der Waals surface area contributed by atoms with Crippen molar-refractivity contribution in [3.05, 3.63) is 64.7 Å². The fraction of sp³-hybridized carbons (Fsp3) is 0.381. The number of rotatable bonds is 8. The van der Waals surface area contributed by atoms with E-state index in [-0.39, 0.29) is 11.9 Å². The molecule has 1 unspecified atom stereocenters. The molecule has 0 radical (unpaired) electrons. The van der Waals surface area contributed by atoms with Gasteiger partial charge in [0.15, 0.2) is 0 Å². The number of nitrogens with zero attached hydrogens (tertiary/aromatic N) is 1. The predicted molar refractivity (Wildman–Crippen MR) is 104 cm³/mol. The maximum absolute atomic E-state index is 12.6. The van der Waals surface area contributed by atoms with Crippen LogP contribution in [0.2, 0.25) is 5.02 Å². The third kappa shape index (κ3) is 4.77. The number of hydrogen-bond donors (Lipinski definition) is 1. The number of carbonyl (C=O) groups excluding carboxylic acids is 1. The normalized spacial score (nSPS) is 14.9. The number of ether oxygens (including phenoxy) is 1. The average molecular weight is 373 g/mol. The molecule has 1 aliphatic rings. The minimum absolute atomic E-state index is 0.0132. The van der Waals surface area contributed by atoms with Gasteiger partial charge in [0.1, 0.15) is 5.75 Å². The molecule has 1 N–H and O–H groups in total. The number of amides is 1. The van der Waals surface area contributed by atoms with E-state index in [0.717, 1.165) is 29.7 Å². The summed E-state index contributed by atoms with van der Waals surface area (Å²) >= 11 is 6.23. The summed E-state index contributed by atoms with van der Waals surface area (Å²) in [5, 5.41) is 3.74. The van der Waals surface area contributed by atoms with Crippen LogP contribution in [0.15, 0.2) is 48.5 Å². The van der Waals surface area contributed by atoms with Gasteiger partial charge in [0, 0.05) is 23.2 Å². The Morgan fingerprint density at radius 2 is 1.92 bits per heavy atom. The lowest BCUT2D eigenvalue weighted by Gasteiger charge is -2.24. The molecule has 2 aromatic carbocycles. The average Bonchev–Trinajstić information content (AvgIpc) is 3.47. The van der Waals surface area contributed by atoms with E-state index < -0.39 is 0 Å². The lowest BCUT2D eigenvalue weighted by molar-refractivity contribution is -0.123. The van der Waals surface area contributed by atoms with E-state index in [0.29, 0.717) is 24.2 Å². The molecule has 0 aliphatic heterocycles. The molecule has 4 nitrogen and oxygen atoms in total. The van der Waals surface area contributed by atoms with Crippen LogP contribution in [0.4, 0.5) is 0 Å². The van der Waals surface area contributed by atoms with Crippen LogP contribution in [0.5, 0.6) is 5.75 Å². The van der Waals surface area contributed by atoms with E-state index in [4.69, 9.17) is 16.3 Å². The van der Waals surface area contributed by atoms with E-state index in [2.05, 4.69) is 16.3 Å². The Balaban J connectivity index is 1.63. The molecule has 1 aliphatic carbocycles. The fourth-order valence-electron chi connectivity index (χ4n) is 3.18. The molecule has 3 rings (SSSR count). The van der Waals surface area contributed by atoms with Crippen LogP contribution in [0.25, 0.3) is 0 Å². The van der Waals surface area contributed by atoms with Crippen LogP contribution in [0.3, 0.4) is 0 Å². The van der Waals surface area contributed by atoms with Gasteiger partial charge in [-0.1, -0.05) is 48.0 Å². The molecule has 0 spiro atoms. The summed E-state index contributed by atoms with van der Waals surface area (Å²) in [6.45, 7) is 3.04. The molecule has 138 valence electrons. The van der Waals surface area contributed by atoms with E-state index in [1.54, 1.807) is 7.11 Å². The first-order chi connectivity index (χ1) is 12.6. The molecule has 26 heavy (non-hydrogen) atoms. The number of para-hydroxylation sites is 1. The van der Waals surface area contributed by atoms with Crippen molar-refractivity contribution >= 4 is 17.5 Å². The molecule has 0 heterocycles. The van der Waals surface area contributed by atoms with Gasteiger partial charge in [0.25, 0.3) is 0 Å². The van der Waals surface area contributed by atoms with Crippen molar-refractivity contribution in [2.45, 2.75) is 38.4 Å². The first kappa shape index (κ1) is 18.7. The van der Waals surface area contributed by atoms with E-state index in [1.807, 2.05) is 49.4 Å². The summed E-state index contributed by atoms with van der Waals surface area (Å²) in [5.74, 6) is 0.877.